The van der Waals surface area contributed by atoms with E-state index in [9.17, 15) is 9.81 Å². The second-order valence-electron chi connectivity index (χ2n) is 5.19. The topological polar surface area (TPSA) is 58.9 Å². The monoisotopic (exact) mass is 268 g/mol. The van der Waals surface area contributed by atoms with Gasteiger partial charge in [-0.1, -0.05) is 52.9 Å². The Morgan fingerprint density at radius 1 is 0.850 bits per heavy atom. The van der Waals surface area contributed by atoms with Gasteiger partial charge < -0.3 is 0 Å². The van der Waals surface area contributed by atoms with Crippen molar-refractivity contribution in [1.29, 1.82) is 0 Å². The molecule has 0 bridgehead atoms. The predicted molar refractivity (Wildman–Crippen MR) is 81.1 cm³/mol. The van der Waals surface area contributed by atoms with Crippen molar-refractivity contribution in [2.24, 2.45) is 10.4 Å². The molecule has 2 aliphatic carbocycles. The van der Waals surface area contributed by atoms with Crippen LogP contribution in [0.1, 0.15) is 13.8 Å². The van der Waals surface area contributed by atoms with Crippen LogP contribution in [0.2, 0.25) is 0 Å². The van der Waals surface area contributed by atoms with E-state index in [2.05, 4.69) is 10.4 Å². The Hall–Kier alpha value is -2.36. The van der Waals surface area contributed by atoms with E-state index in [4.69, 9.17) is 0 Å². The number of hydrogen-bond donors (Lipinski definition) is 0. The van der Waals surface area contributed by atoms with Crippen LogP contribution in [0.5, 0.6) is 0 Å². The molecule has 2 atom stereocenters. The van der Waals surface area contributed by atoms with Crippen LogP contribution in [-0.4, -0.2) is 11.1 Å². The Kier molecular flexibility index (Phi) is 3.74. The minimum atomic E-state index is -0.928. The largest absolute Gasteiger partial charge is 0.150 e. The van der Waals surface area contributed by atoms with Gasteiger partial charge >= 0.3 is 0 Å². The maximum absolute atomic E-state index is 11.2. The third-order valence-corrected chi connectivity index (χ3v) is 3.46. The highest BCUT2D eigenvalue weighted by atomic mass is 16.3. The average Bonchev–Trinajstić information content (AvgIpc) is 2.76. The fraction of sp³-hybridized carbons (Fsp3) is 0.250. The van der Waals surface area contributed by atoms with Crippen molar-refractivity contribution in [2.45, 2.75) is 24.9 Å². The zero-order chi connectivity index (χ0) is 14.6. The van der Waals surface area contributed by atoms with E-state index >= 15 is 0 Å². The maximum Gasteiger partial charge on any atom is 0.144 e. The van der Waals surface area contributed by atoms with Crippen LogP contribution in [0.3, 0.4) is 0 Å². The van der Waals surface area contributed by atoms with Gasteiger partial charge in [-0.2, -0.15) is 0 Å². The van der Waals surface area contributed by atoms with E-state index in [0.29, 0.717) is 0 Å². The lowest BCUT2D eigenvalue weighted by molar-refractivity contribution is 0.693. The second-order valence-corrected chi connectivity index (χ2v) is 5.19. The molecular formula is C16H16N2O2. The molecule has 4 heteroatoms. The first-order chi connectivity index (χ1) is 9.53. The molecule has 0 saturated carbocycles. The molecule has 2 aliphatic rings. The normalized spacial score (nSPS) is 32.1. The van der Waals surface area contributed by atoms with Crippen molar-refractivity contribution in [3.05, 3.63) is 81.7 Å². The summed E-state index contributed by atoms with van der Waals surface area (Å²) >= 11 is 0. The van der Waals surface area contributed by atoms with Crippen LogP contribution in [0, 0.1) is 9.81 Å². The van der Waals surface area contributed by atoms with E-state index < -0.39 is 11.1 Å². The highest BCUT2D eigenvalue weighted by molar-refractivity contribution is 5.54. The molecular weight excluding hydrogens is 252 g/mol. The van der Waals surface area contributed by atoms with Crippen LogP contribution in [0.15, 0.2) is 82.3 Å². The molecule has 0 aliphatic heterocycles. The number of allylic oxidation sites excluding steroid dienone is 7. The molecule has 20 heavy (non-hydrogen) atoms. The number of hydrogen-bond acceptors (Lipinski definition) is 4. The number of nitroso groups, excluding NO2 is 2. The first-order valence-electron chi connectivity index (χ1n) is 6.38. The molecule has 0 amide bonds. The summed E-state index contributed by atoms with van der Waals surface area (Å²) in [5.41, 5.74) is -0.163. The molecule has 1 unspecified atom stereocenters. The number of nitrogens with zero attached hydrogens (tertiary/aromatic N) is 2. The second kappa shape index (κ2) is 5.33. The van der Waals surface area contributed by atoms with Gasteiger partial charge in [-0.05, 0) is 43.2 Å². The standard InChI is InChI=1S/C16H16N2O2/c1-15(17-19)10-6-7-13(9-12-15)14-8-4-3-5-11-16(14,2)18-20/h3-12H,1-2H3/t15-,16?/m0/s1. The summed E-state index contributed by atoms with van der Waals surface area (Å²) in [6.07, 6.45) is 18.0. The van der Waals surface area contributed by atoms with Crippen LogP contribution in [-0.2, 0) is 0 Å². The third kappa shape index (κ3) is 2.64. The first kappa shape index (κ1) is 14.1. The summed E-state index contributed by atoms with van der Waals surface area (Å²) in [5.74, 6) is 0. The van der Waals surface area contributed by atoms with Crippen LogP contribution in [0.4, 0.5) is 0 Å². The van der Waals surface area contributed by atoms with Crippen molar-refractivity contribution in [1.82, 2.24) is 0 Å². The summed E-state index contributed by atoms with van der Waals surface area (Å²) < 4.78 is 0. The quantitative estimate of drug-likeness (QED) is 0.722. The van der Waals surface area contributed by atoms with E-state index in [0.717, 1.165) is 11.1 Å². The van der Waals surface area contributed by atoms with E-state index in [1.165, 1.54) is 0 Å². The summed E-state index contributed by atoms with van der Waals surface area (Å²) in [4.78, 5) is 22.1. The molecule has 4 nitrogen and oxygen atoms in total. The molecule has 2 rings (SSSR count). The van der Waals surface area contributed by atoms with Crippen molar-refractivity contribution >= 4 is 0 Å². The molecule has 0 radical (unpaired) electrons. The molecule has 0 N–H and O–H groups in total. The molecule has 0 fully saturated rings. The van der Waals surface area contributed by atoms with E-state index in [-0.39, 0.29) is 0 Å². The zero-order valence-electron chi connectivity index (χ0n) is 11.5. The summed E-state index contributed by atoms with van der Waals surface area (Å²) in [6.45, 7) is 3.48. The fourth-order valence-electron chi connectivity index (χ4n) is 2.14. The molecule has 0 heterocycles. The van der Waals surface area contributed by atoms with E-state index in [1.54, 1.807) is 44.2 Å². The van der Waals surface area contributed by atoms with Gasteiger partial charge in [-0.25, -0.2) is 0 Å². The lowest BCUT2D eigenvalue weighted by Crippen LogP contribution is -2.22. The smallest absolute Gasteiger partial charge is 0.144 e. The average molecular weight is 268 g/mol. The van der Waals surface area contributed by atoms with Crippen molar-refractivity contribution < 1.29 is 0 Å². The Morgan fingerprint density at radius 3 is 2.35 bits per heavy atom. The van der Waals surface area contributed by atoms with Crippen LogP contribution >= 0.6 is 0 Å². The minimum Gasteiger partial charge on any atom is -0.150 e. The van der Waals surface area contributed by atoms with Crippen LogP contribution < -0.4 is 0 Å². The van der Waals surface area contributed by atoms with Gasteiger partial charge in [-0.3, -0.25) is 0 Å². The minimum absolute atomic E-state index is 0.786. The van der Waals surface area contributed by atoms with Gasteiger partial charge in [0.1, 0.15) is 11.1 Å². The van der Waals surface area contributed by atoms with Gasteiger partial charge in [0.25, 0.3) is 0 Å². The molecule has 0 spiro atoms. The van der Waals surface area contributed by atoms with Gasteiger partial charge in [0, 0.05) is 0 Å². The highest BCUT2D eigenvalue weighted by Gasteiger charge is 2.30. The maximum atomic E-state index is 11.2. The number of rotatable bonds is 3. The van der Waals surface area contributed by atoms with Crippen molar-refractivity contribution in [3.8, 4) is 0 Å². The molecule has 0 aromatic heterocycles. The Morgan fingerprint density at radius 2 is 1.65 bits per heavy atom. The first-order valence-corrected chi connectivity index (χ1v) is 6.38. The summed E-state index contributed by atoms with van der Waals surface area (Å²) in [6, 6.07) is 0. The fourth-order valence-corrected chi connectivity index (χ4v) is 2.14. The lowest BCUT2D eigenvalue weighted by Gasteiger charge is -2.21. The molecule has 0 aromatic carbocycles. The van der Waals surface area contributed by atoms with E-state index in [1.807, 2.05) is 30.4 Å². The predicted octanol–water partition coefficient (Wildman–Crippen LogP) is 4.14. The third-order valence-electron chi connectivity index (χ3n) is 3.46. The Labute approximate surface area is 117 Å². The van der Waals surface area contributed by atoms with Gasteiger partial charge in [-0.15, -0.1) is 9.81 Å². The Balaban J connectivity index is 2.46. The molecule has 102 valence electrons. The van der Waals surface area contributed by atoms with Crippen molar-refractivity contribution in [2.75, 3.05) is 0 Å². The SMILES string of the molecule is CC1(N=O)C=CC=CC=C1C1=CC=C[C@](C)(N=O)C=C1. The Bertz CT molecular complexity index is 608. The van der Waals surface area contributed by atoms with Gasteiger partial charge in [0.05, 0.1) is 0 Å². The lowest BCUT2D eigenvalue weighted by atomic mass is 9.86. The van der Waals surface area contributed by atoms with Crippen molar-refractivity contribution in [3.63, 3.8) is 0 Å². The van der Waals surface area contributed by atoms with Crippen LogP contribution in [0.25, 0.3) is 0 Å². The molecule has 0 aromatic rings. The highest BCUT2D eigenvalue weighted by Crippen LogP contribution is 2.33. The zero-order valence-corrected chi connectivity index (χ0v) is 11.5. The summed E-state index contributed by atoms with van der Waals surface area (Å²) in [7, 11) is 0. The molecule has 0 saturated heterocycles. The van der Waals surface area contributed by atoms with Gasteiger partial charge in [0.15, 0.2) is 0 Å². The van der Waals surface area contributed by atoms with Gasteiger partial charge in [0.2, 0.25) is 0 Å². The summed E-state index contributed by atoms with van der Waals surface area (Å²) in [5, 5.41) is 6.36.